The van der Waals surface area contributed by atoms with E-state index in [0.29, 0.717) is 17.5 Å². The van der Waals surface area contributed by atoms with Gasteiger partial charge >= 0.3 is 0 Å². The smallest absolute Gasteiger partial charge is 0.277 e. The number of ketones is 1. The van der Waals surface area contributed by atoms with Crippen molar-refractivity contribution in [2.75, 3.05) is 5.75 Å². The molecule has 0 saturated carbocycles. The quantitative estimate of drug-likeness (QED) is 0.261. The second-order valence-corrected chi connectivity index (χ2v) is 9.37. The molecule has 0 saturated heterocycles. The fourth-order valence-electron chi connectivity index (χ4n) is 3.53. The molecule has 0 N–H and O–H groups in total. The van der Waals surface area contributed by atoms with E-state index in [-0.39, 0.29) is 11.5 Å². The zero-order valence-corrected chi connectivity index (χ0v) is 19.4. The normalized spacial score (nSPS) is 11.2. The zero-order chi connectivity index (χ0) is 21.8. The van der Waals surface area contributed by atoms with Gasteiger partial charge in [-0.25, -0.2) is 4.98 Å². The van der Waals surface area contributed by atoms with Crippen LogP contribution >= 0.6 is 23.1 Å². The van der Waals surface area contributed by atoms with E-state index in [4.69, 9.17) is 4.42 Å². The minimum Gasteiger partial charge on any atom is -0.416 e. The Labute approximate surface area is 189 Å². The molecule has 0 atom stereocenters. The van der Waals surface area contributed by atoms with Crippen LogP contribution in [0.2, 0.25) is 0 Å². The Balaban J connectivity index is 1.35. The number of carbonyl (C=O) groups is 1. The van der Waals surface area contributed by atoms with Gasteiger partial charge in [-0.1, -0.05) is 42.1 Å². The number of hydrogen-bond acceptors (Lipinski definition) is 7. The predicted octanol–water partition coefficient (Wildman–Crippen LogP) is 5.06. The number of aromatic nitrogens is 4. The average molecular weight is 453 g/mol. The van der Waals surface area contributed by atoms with Crippen molar-refractivity contribution in [3.05, 3.63) is 80.9 Å². The molecular weight excluding hydrogens is 428 g/mol. The SMILES string of the molecule is Cc1nc(Cc2nnc(SCC(=O)c3cc(C)n(CCc4ccccc4)c3C)o2)cs1. The third-order valence-electron chi connectivity index (χ3n) is 5.11. The van der Waals surface area contributed by atoms with Crippen molar-refractivity contribution in [3.63, 3.8) is 0 Å². The summed E-state index contributed by atoms with van der Waals surface area (Å²) in [6.07, 6.45) is 1.44. The van der Waals surface area contributed by atoms with Crippen molar-refractivity contribution in [2.45, 2.75) is 45.4 Å². The van der Waals surface area contributed by atoms with Gasteiger partial charge < -0.3 is 8.98 Å². The van der Waals surface area contributed by atoms with Crippen LogP contribution in [0.1, 0.15) is 43.9 Å². The van der Waals surface area contributed by atoms with E-state index in [9.17, 15) is 4.79 Å². The first-order valence-corrected chi connectivity index (χ1v) is 12.0. The van der Waals surface area contributed by atoms with Crippen LogP contribution in [-0.2, 0) is 19.4 Å². The number of carbonyl (C=O) groups excluding carboxylic acids is 1. The summed E-state index contributed by atoms with van der Waals surface area (Å²) in [5, 5.41) is 11.5. The van der Waals surface area contributed by atoms with Gasteiger partial charge in [0.2, 0.25) is 5.89 Å². The summed E-state index contributed by atoms with van der Waals surface area (Å²) in [5.74, 6) is 0.846. The van der Waals surface area contributed by atoms with Gasteiger partial charge in [0.25, 0.3) is 5.22 Å². The van der Waals surface area contributed by atoms with E-state index in [1.807, 2.05) is 38.3 Å². The topological polar surface area (TPSA) is 73.8 Å². The van der Waals surface area contributed by atoms with E-state index in [0.717, 1.165) is 40.6 Å². The van der Waals surface area contributed by atoms with Crippen LogP contribution in [-0.4, -0.2) is 31.3 Å². The van der Waals surface area contributed by atoms with Crippen LogP contribution in [0, 0.1) is 20.8 Å². The maximum Gasteiger partial charge on any atom is 0.277 e. The highest BCUT2D eigenvalue weighted by molar-refractivity contribution is 7.99. The average Bonchev–Trinajstić information content (AvgIpc) is 3.46. The van der Waals surface area contributed by atoms with E-state index in [2.05, 4.69) is 44.0 Å². The first kappa shape index (κ1) is 21.5. The molecule has 0 bridgehead atoms. The zero-order valence-electron chi connectivity index (χ0n) is 17.8. The van der Waals surface area contributed by atoms with Crippen LogP contribution in [0.15, 0.2) is 51.4 Å². The molecule has 0 unspecified atom stereocenters. The Morgan fingerprint density at radius 3 is 2.71 bits per heavy atom. The van der Waals surface area contributed by atoms with Gasteiger partial charge in [-0.15, -0.1) is 21.5 Å². The van der Waals surface area contributed by atoms with Gasteiger partial charge in [0.15, 0.2) is 5.78 Å². The molecule has 0 fully saturated rings. The van der Waals surface area contributed by atoms with Gasteiger partial charge in [-0.05, 0) is 38.8 Å². The molecule has 1 aromatic carbocycles. The highest BCUT2D eigenvalue weighted by atomic mass is 32.2. The summed E-state index contributed by atoms with van der Waals surface area (Å²) in [7, 11) is 0. The number of thioether (sulfide) groups is 1. The molecule has 6 nitrogen and oxygen atoms in total. The number of hydrogen-bond donors (Lipinski definition) is 0. The number of aryl methyl sites for hydroxylation is 3. The lowest BCUT2D eigenvalue weighted by atomic mass is 10.1. The van der Waals surface area contributed by atoms with Crippen LogP contribution in [0.25, 0.3) is 0 Å². The molecule has 0 aliphatic carbocycles. The molecule has 0 spiro atoms. The summed E-state index contributed by atoms with van der Waals surface area (Å²) in [4.78, 5) is 17.3. The molecule has 31 heavy (non-hydrogen) atoms. The van der Waals surface area contributed by atoms with Crippen molar-refractivity contribution in [1.29, 1.82) is 0 Å². The van der Waals surface area contributed by atoms with Gasteiger partial charge in [-0.2, -0.15) is 0 Å². The molecule has 4 rings (SSSR count). The summed E-state index contributed by atoms with van der Waals surface area (Å²) >= 11 is 2.87. The minimum absolute atomic E-state index is 0.0685. The van der Waals surface area contributed by atoms with E-state index in [1.54, 1.807) is 11.3 Å². The van der Waals surface area contributed by atoms with Crippen molar-refractivity contribution in [3.8, 4) is 0 Å². The summed E-state index contributed by atoms with van der Waals surface area (Å²) in [6, 6.07) is 12.4. The van der Waals surface area contributed by atoms with Crippen LogP contribution < -0.4 is 0 Å². The lowest BCUT2D eigenvalue weighted by Gasteiger charge is -2.10. The Bertz CT molecular complexity index is 1180. The number of benzene rings is 1. The molecule has 4 aromatic rings. The Morgan fingerprint density at radius 2 is 1.97 bits per heavy atom. The highest BCUT2D eigenvalue weighted by Gasteiger charge is 2.18. The number of rotatable bonds is 9. The molecule has 0 aliphatic heterocycles. The highest BCUT2D eigenvalue weighted by Crippen LogP contribution is 2.22. The maximum absolute atomic E-state index is 12.8. The van der Waals surface area contributed by atoms with Crippen molar-refractivity contribution in [2.24, 2.45) is 0 Å². The van der Waals surface area contributed by atoms with Crippen LogP contribution in [0.4, 0.5) is 0 Å². The third-order valence-corrected chi connectivity index (χ3v) is 6.76. The fraction of sp³-hybridized carbons (Fsp3) is 0.304. The van der Waals surface area contributed by atoms with Crippen LogP contribution in [0.5, 0.6) is 0 Å². The molecule has 0 radical (unpaired) electrons. The van der Waals surface area contributed by atoms with E-state index < -0.39 is 0 Å². The number of nitrogens with zero attached hydrogens (tertiary/aromatic N) is 4. The summed E-state index contributed by atoms with van der Waals surface area (Å²) < 4.78 is 7.89. The second kappa shape index (κ2) is 9.62. The summed E-state index contributed by atoms with van der Waals surface area (Å²) in [6.45, 7) is 6.88. The van der Waals surface area contributed by atoms with Crippen molar-refractivity contribution in [1.82, 2.24) is 19.7 Å². The lowest BCUT2D eigenvalue weighted by molar-refractivity contribution is 0.102. The Kier molecular flexibility index (Phi) is 6.67. The molecule has 160 valence electrons. The van der Waals surface area contributed by atoms with Gasteiger partial charge in [0.1, 0.15) is 0 Å². The molecule has 0 aliphatic rings. The fourth-order valence-corrected chi connectivity index (χ4v) is 4.81. The summed E-state index contributed by atoms with van der Waals surface area (Å²) in [5.41, 5.74) is 5.07. The molecule has 3 heterocycles. The Morgan fingerprint density at radius 1 is 1.16 bits per heavy atom. The Hall–Kier alpha value is -2.71. The number of thiazole rings is 1. The first-order valence-electron chi connectivity index (χ1n) is 10.1. The predicted molar refractivity (Wildman–Crippen MR) is 123 cm³/mol. The largest absolute Gasteiger partial charge is 0.416 e. The molecular formula is C23H24N4O2S2. The molecule has 8 heteroatoms. The molecule has 3 aromatic heterocycles. The van der Waals surface area contributed by atoms with Gasteiger partial charge in [0.05, 0.1) is 22.9 Å². The van der Waals surface area contributed by atoms with Crippen molar-refractivity contribution >= 4 is 28.9 Å². The van der Waals surface area contributed by atoms with E-state index >= 15 is 0 Å². The minimum atomic E-state index is 0.0685. The van der Waals surface area contributed by atoms with Gasteiger partial charge in [-0.3, -0.25) is 4.79 Å². The van der Waals surface area contributed by atoms with Gasteiger partial charge in [0, 0.05) is 28.9 Å². The maximum atomic E-state index is 12.8. The third kappa shape index (κ3) is 5.32. The lowest BCUT2D eigenvalue weighted by Crippen LogP contribution is -2.08. The standard InChI is InChI=1S/C23H24N4O2S2/c1-15-11-20(16(2)27(15)10-9-18-7-5-4-6-8-18)21(28)14-31-23-26-25-22(29-23)12-19-13-30-17(3)24-19/h4-8,11,13H,9-10,12,14H2,1-3H3. The monoisotopic (exact) mass is 452 g/mol. The van der Waals surface area contributed by atoms with Crippen molar-refractivity contribution < 1.29 is 9.21 Å². The molecule has 0 amide bonds. The van der Waals surface area contributed by atoms with Crippen LogP contribution in [0.3, 0.4) is 0 Å². The van der Waals surface area contributed by atoms with E-state index in [1.165, 1.54) is 17.3 Å². The number of Topliss-reactive ketones (excluding diaryl/α,β-unsaturated/α-hetero) is 1. The first-order chi connectivity index (χ1) is 15.0. The second-order valence-electron chi connectivity index (χ2n) is 7.38.